The predicted molar refractivity (Wildman–Crippen MR) is 47.8 cm³/mol. The van der Waals surface area contributed by atoms with Crippen molar-refractivity contribution in [3.63, 3.8) is 0 Å². The molecule has 0 spiro atoms. The van der Waals surface area contributed by atoms with E-state index >= 15 is 0 Å². The van der Waals surface area contributed by atoms with Crippen LogP contribution in [0.25, 0.3) is 0 Å². The van der Waals surface area contributed by atoms with Gasteiger partial charge in [-0.1, -0.05) is 13.0 Å². The van der Waals surface area contributed by atoms with Crippen molar-refractivity contribution in [1.29, 1.82) is 0 Å². The summed E-state index contributed by atoms with van der Waals surface area (Å²) >= 11 is 4.10. The van der Waals surface area contributed by atoms with Crippen LogP contribution < -0.4 is 5.32 Å². The number of thiol groups is 1. The van der Waals surface area contributed by atoms with Gasteiger partial charge in [0.2, 0.25) is 0 Å². The Balaban J connectivity index is 3.87. The van der Waals surface area contributed by atoms with Crippen LogP contribution in [0.3, 0.4) is 0 Å². The molecule has 1 unspecified atom stereocenters. The van der Waals surface area contributed by atoms with Crippen LogP contribution in [0, 0.1) is 0 Å². The molecule has 4 heteroatoms. The fourth-order valence-electron chi connectivity index (χ4n) is 0.565. The monoisotopic (exact) mass is 175 g/mol. The molecule has 11 heavy (non-hydrogen) atoms. The van der Waals surface area contributed by atoms with E-state index in [1.807, 2.05) is 6.92 Å². The molecule has 0 aromatic carbocycles. The highest BCUT2D eigenvalue weighted by atomic mass is 32.1. The van der Waals surface area contributed by atoms with Crippen LogP contribution in [-0.2, 0) is 4.79 Å². The average molecular weight is 175 g/mol. The highest BCUT2D eigenvalue weighted by molar-refractivity contribution is 7.80. The molecule has 0 rings (SSSR count). The zero-order chi connectivity index (χ0) is 8.85. The minimum Gasteiger partial charge on any atom is -0.480 e. The minimum absolute atomic E-state index is 0.0888. The smallest absolute Gasteiger partial charge is 0.324 e. The summed E-state index contributed by atoms with van der Waals surface area (Å²) in [6.07, 6.45) is 2.13. The molecule has 0 saturated carbocycles. The van der Waals surface area contributed by atoms with E-state index in [2.05, 4.69) is 24.5 Å². The Morgan fingerprint density at radius 1 is 1.91 bits per heavy atom. The number of hydrogen-bond donors (Lipinski definition) is 3. The minimum atomic E-state index is -0.924. The number of carboxylic acid groups (broad SMARTS) is 1. The number of carbonyl (C=O) groups is 1. The number of carboxylic acids is 1. The molecule has 0 aromatic rings. The van der Waals surface area contributed by atoms with E-state index in [1.165, 1.54) is 6.08 Å². The van der Waals surface area contributed by atoms with E-state index in [4.69, 9.17) is 5.11 Å². The molecule has 0 aliphatic carbocycles. The zero-order valence-electron chi connectivity index (χ0n) is 6.45. The van der Waals surface area contributed by atoms with Gasteiger partial charge in [-0.2, -0.15) is 12.6 Å². The fourth-order valence-corrected chi connectivity index (χ4v) is 0.726. The van der Waals surface area contributed by atoms with E-state index in [-0.39, 0.29) is 5.37 Å². The molecule has 0 radical (unpaired) electrons. The van der Waals surface area contributed by atoms with Crippen LogP contribution in [0.15, 0.2) is 12.7 Å². The van der Waals surface area contributed by atoms with Gasteiger partial charge in [0.05, 0.1) is 5.37 Å². The highest BCUT2D eigenvalue weighted by Gasteiger charge is 2.14. The molecular formula is C7H13NO2S. The van der Waals surface area contributed by atoms with E-state index in [0.29, 0.717) is 0 Å². The zero-order valence-corrected chi connectivity index (χ0v) is 7.34. The van der Waals surface area contributed by atoms with E-state index in [0.717, 1.165) is 6.42 Å². The quantitative estimate of drug-likeness (QED) is 0.330. The van der Waals surface area contributed by atoms with E-state index in [1.54, 1.807) is 0 Å². The summed E-state index contributed by atoms with van der Waals surface area (Å²) in [4.78, 5) is 10.4. The van der Waals surface area contributed by atoms with Crippen LogP contribution in [0.1, 0.15) is 13.3 Å². The summed E-state index contributed by atoms with van der Waals surface area (Å²) < 4.78 is 0. The lowest BCUT2D eigenvalue weighted by molar-refractivity contribution is -0.138. The first-order chi connectivity index (χ1) is 5.11. The van der Waals surface area contributed by atoms with E-state index in [9.17, 15) is 4.79 Å². The number of aliphatic carboxylic acids is 1. The van der Waals surface area contributed by atoms with Crippen LogP contribution in [0.2, 0.25) is 0 Å². The number of rotatable bonds is 5. The Morgan fingerprint density at radius 2 is 2.45 bits per heavy atom. The Bertz CT molecular complexity index is 149. The first kappa shape index (κ1) is 10.5. The first-order valence-corrected chi connectivity index (χ1v) is 3.93. The molecule has 0 bridgehead atoms. The largest absolute Gasteiger partial charge is 0.480 e. The Kier molecular flexibility index (Phi) is 4.98. The van der Waals surface area contributed by atoms with Gasteiger partial charge in [0.1, 0.15) is 6.04 Å². The lowest BCUT2D eigenvalue weighted by Crippen LogP contribution is -2.39. The maximum atomic E-state index is 10.4. The van der Waals surface area contributed by atoms with Gasteiger partial charge in [-0.25, -0.2) is 0 Å². The lowest BCUT2D eigenvalue weighted by Gasteiger charge is -2.14. The highest BCUT2D eigenvalue weighted by Crippen LogP contribution is 1.98. The maximum Gasteiger partial charge on any atom is 0.324 e. The average Bonchev–Trinajstić information content (AvgIpc) is 1.99. The summed E-state index contributed by atoms with van der Waals surface area (Å²) in [6, 6.07) is -0.697. The van der Waals surface area contributed by atoms with Crippen molar-refractivity contribution < 1.29 is 9.90 Å². The molecule has 0 heterocycles. The topological polar surface area (TPSA) is 49.3 Å². The fraction of sp³-hybridized carbons (Fsp3) is 0.571. The Labute approximate surface area is 71.9 Å². The number of nitrogens with one attached hydrogen (secondary N) is 1. The number of hydrogen-bond acceptors (Lipinski definition) is 3. The molecule has 0 aliphatic rings. The molecule has 0 aliphatic heterocycles. The van der Waals surface area contributed by atoms with Gasteiger partial charge in [-0.3, -0.25) is 10.1 Å². The molecular weight excluding hydrogens is 162 g/mol. The van der Waals surface area contributed by atoms with Crippen molar-refractivity contribution in [2.24, 2.45) is 0 Å². The van der Waals surface area contributed by atoms with Crippen molar-refractivity contribution >= 4 is 18.6 Å². The molecule has 2 N–H and O–H groups in total. The molecule has 0 amide bonds. The van der Waals surface area contributed by atoms with Gasteiger partial charge in [0.15, 0.2) is 0 Å². The molecule has 0 saturated heterocycles. The van der Waals surface area contributed by atoms with Crippen molar-refractivity contribution in [2.45, 2.75) is 24.8 Å². The van der Waals surface area contributed by atoms with Gasteiger partial charge < -0.3 is 5.11 Å². The molecule has 3 nitrogen and oxygen atoms in total. The molecule has 2 atom stereocenters. The second-order valence-electron chi connectivity index (χ2n) is 2.14. The third-order valence-electron chi connectivity index (χ3n) is 1.26. The van der Waals surface area contributed by atoms with Crippen LogP contribution in [0.4, 0.5) is 0 Å². The maximum absolute atomic E-state index is 10.4. The third-order valence-corrected chi connectivity index (χ3v) is 1.77. The van der Waals surface area contributed by atoms with Crippen molar-refractivity contribution in [3.8, 4) is 0 Å². The normalized spacial score (nSPS) is 15.5. The summed E-state index contributed by atoms with van der Waals surface area (Å²) in [5.41, 5.74) is 0. The molecule has 0 aromatic heterocycles. The SMILES string of the molecule is C=C[C@@H](NC(S)CC)C(=O)O. The van der Waals surface area contributed by atoms with E-state index < -0.39 is 12.0 Å². The molecule has 0 fully saturated rings. The summed E-state index contributed by atoms with van der Waals surface area (Å²) in [5, 5.41) is 11.2. The molecule has 64 valence electrons. The van der Waals surface area contributed by atoms with Crippen molar-refractivity contribution in [3.05, 3.63) is 12.7 Å². The summed E-state index contributed by atoms with van der Waals surface area (Å²) in [5.74, 6) is -0.924. The van der Waals surface area contributed by atoms with Gasteiger partial charge in [-0.05, 0) is 6.42 Å². The second-order valence-corrected chi connectivity index (χ2v) is 2.77. The summed E-state index contributed by atoms with van der Waals surface area (Å²) in [7, 11) is 0. The third kappa shape index (κ3) is 4.06. The van der Waals surface area contributed by atoms with Crippen LogP contribution >= 0.6 is 12.6 Å². The Hall–Kier alpha value is -0.480. The lowest BCUT2D eigenvalue weighted by atomic mass is 10.3. The van der Waals surface area contributed by atoms with Crippen molar-refractivity contribution in [1.82, 2.24) is 5.32 Å². The first-order valence-electron chi connectivity index (χ1n) is 3.41. The van der Waals surface area contributed by atoms with Gasteiger partial charge in [-0.15, -0.1) is 6.58 Å². The van der Waals surface area contributed by atoms with Crippen LogP contribution in [-0.4, -0.2) is 22.5 Å². The standard InChI is InChI=1S/C7H13NO2S/c1-3-5(7(9)10)8-6(11)4-2/h3,5-6,8,11H,1,4H2,2H3,(H,9,10)/t5-,6?/m1/s1. The predicted octanol–water partition coefficient (Wildman–Crippen LogP) is 0.881. The Morgan fingerprint density at radius 3 is 2.73 bits per heavy atom. The summed E-state index contributed by atoms with van der Waals surface area (Å²) in [6.45, 7) is 5.32. The van der Waals surface area contributed by atoms with Gasteiger partial charge >= 0.3 is 5.97 Å². The van der Waals surface area contributed by atoms with Gasteiger partial charge in [0.25, 0.3) is 0 Å². The van der Waals surface area contributed by atoms with Crippen molar-refractivity contribution in [2.75, 3.05) is 0 Å². The van der Waals surface area contributed by atoms with Crippen LogP contribution in [0.5, 0.6) is 0 Å². The van der Waals surface area contributed by atoms with Gasteiger partial charge in [0, 0.05) is 0 Å². The second kappa shape index (κ2) is 5.21.